The minimum absolute atomic E-state index is 0.803. The normalized spacial score (nSPS) is 10.1. The van der Waals surface area contributed by atoms with Crippen molar-refractivity contribution in [1.29, 1.82) is 0 Å². The van der Waals surface area contributed by atoms with Crippen molar-refractivity contribution in [2.45, 2.75) is 13.0 Å². The first-order valence-electron chi connectivity index (χ1n) is 11.2. The Morgan fingerprint density at radius 2 is 0.939 bits per heavy atom. The van der Waals surface area contributed by atoms with E-state index >= 15 is 0 Å². The first-order valence-corrected chi connectivity index (χ1v) is 11.2. The molecule has 0 unspecified atom stereocenters. The van der Waals surface area contributed by atoms with Gasteiger partial charge in [-0.15, -0.1) is 0 Å². The van der Waals surface area contributed by atoms with Gasteiger partial charge >= 0.3 is 0 Å². The number of hydrogen-bond acceptors (Lipinski definition) is 4. The van der Waals surface area contributed by atoms with Crippen LogP contribution in [0.5, 0.6) is 0 Å². The molecule has 0 spiro atoms. The van der Waals surface area contributed by atoms with Crippen LogP contribution in [-0.4, -0.2) is 20.6 Å². The molecule has 33 heavy (non-hydrogen) atoms. The zero-order chi connectivity index (χ0) is 23.5. The Kier molecular flexibility index (Phi) is 8.78. The number of nitrogens with two attached hydrogens (primary N) is 2. The zero-order valence-electron chi connectivity index (χ0n) is 19.6. The van der Waals surface area contributed by atoms with Gasteiger partial charge in [0, 0.05) is 49.9 Å². The molecule has 4 N–H and O–H groups in total. The molecular weight excluding hydrogens is 404 g/mol. The molecule has 0 radical (unpaired) electrons. The number of hydrogen-bond donors (Lipinski definition) is 2. The van der Waals surface area contributed by atoms with Crippen molar-refractivity contribution < 1.29 is 0 Å². The van der Waals surface area contributed by atoms with E-state index in [9.17, 15) is 0 Å². The van der Waals surface area contributed by atoms with Crippen LogP contribution in [0.25, 0.3) is 0 Å². The Morgan fingerprint density at radius 1 is 0.515 bits per heavy atom. The van der Waals surface area contributed by atoms with Gasteiger partial charge < -0.3 is 21.3 Å². The Hall–Kier alpha value is -3.92. The first-order chi connectivity index (χ1) is 16.0. The summed E-state index contributed by atoms with van der Waals surface area (Å²) < 4.78 is 0. The van der Waals surface area contributed by atoms with Crippen molar-refractivity contribution in [3.8, 4) is 0 Å². The lowest BCUT2D eigenvalue weighted by molar-refractivity contribution is 0.877. The third-order valence-corrected chi connectivity index (χ3v) is 5.51. The van der Waals surface area contributed by atoms with Crippen molar-refractivity contribution in [3.05, 3.63) is 120 Å². The van der Waals surface area contributed by atoms with Crippen LogP contribution >= 0.6 is 0 Å². The first kappa shape index (κ1) is 23.7. The van der Waals surface area contributed by atoms with Crippen LogP contribution < -0.4 is 21.3 Å². The highest BCUT2D eigenvalue weighted by Gasteiger charge is 2.02. The molecule has 0 aliphatic heterocycles. The molecule has 0 aliphatic rings. The average Bonchev–Trinajstić information content (AvgIpc) is 2.85. The molecule has 4 nitrogen and oxygen atoms in total. The zero-order valence-corrected chi connectivity index (χ0v) is 19.6. The van der Waals surface area contributed by atoms with Crippen molar-refractivity contribution in [2.75, 3.05) is 41.9 Å². The molecule has 0 saturated carbocycles. The Morgan fingerprint density at radius 3 is 1.42 bits per heavy atom. The van der Waals surface area contributed by atoms with Gasteiger partial charge in [-0.05, 0) is 66.1 Å². The molecular formula is C29H34N4. The summed E-state index contributed by atoms with van der Waals surface area (Å²) >= 11 is 0. The van der Waals surface area contributed by atoms with E-state index in [1.807, 2.05) is 48.5 Å². The second kappa shape index (κ2) is 12.2. The van der Waals surface area contributed by atoms with Crippen LogP contribution in [0.4, 0.5) is 22.7 Å². The molecule has 0 aliphatic carbocycles. The fourth-order valence-corrected chi connectivity index (χ4v) is 3.48. The summed E-state index contributed by atoms with van der Waals surface area (Å²) in [5, 5.41) is 0. The number of likely N-dealkylation sites (N-methyl/N-ethyl adjacent to an activating group) is 1. The van der Waals surface area contributed by atoms with Crippen molar-refractivity contribution in [2.24, 2.45) is 0 Å². The maximum absolute atomic E-state index is 5.67. The van der Waals surface area contributed by atoms with Crippen LogP contribution in [0.15, 0.2) is 109 Å². The van der Waals surface area contributed by atoms with Crippen LogP contribution in [0.1, 0.15) is 11.1 Å². The van der Waals surface area contributed by atoms with Gasteiger partial charge in [-0.2, -0.15) is 0 Å². The number of benzene rings is 4. The van der Waals surface area contributed by atoms with E-state index in [4.69, 9.17) is 11.5 Å². The Balaban J connectivity index is 0.000000186. The van der Waals surface area contributed by atoms with Gasteiger partial charge in [0.05, 0.1) is 0 Å². The van der Waals surface area contributed by atoms with Crippen molar-refractivity contribution >= 4 is 22.7 Å². The predicted molar refractivity (Wildman–Crippen MR) is 144 cm³/mol. The summed E-state index contributed by atoms with van der Waals surface area (Å²) in [4.78, 5) is 4.45. The maximum Gasteiger partial charge on any atom is 0.0426 e. The topological polar surface area (TPSA) is 58.5 Å². The molecule has 0 bridgehead atoms. The standard InChI is InChI=1S/C15H18N2.C14H16N2/c1-17(15-9-7-14(16)8-10-15)12-11-13-5-3-2-4-6-13;1-16(11-12-5-3-2-4-6-12)14-9-7-13(15)8-10-14/h2-10H,11-12,16H2,1H3;2-10H,11,15H2,1H3. The van der Waals surface area contributed by atoms with Crippen molar-refractivity contribution in [1.82, 2.24) is 0 Å². The van der Waals surface area contributed by atoms with Gasteiger partial charge in [-0.25, -0.2) is 0 Å². The number of nitrogens with zero attached hydrogens (tertiary/aromatic N) is 2. The molecule has 4 aromatic rings. The molecule has 0 saturated heterocycles. The summed E-state index contributed by atoms with van der Waals surface area (Å²) in [6.45, 7) is 1.92. The van der Waals surface area contributed by atoms with E-state index in [0.29, 0.717) is 0 Å². The lowest BCUT2D eigenvalue weighted by Gasteiger charge is -2.19. The van der Waals surface area contributed by atoms with Crippen LogP contribution in [-0.2, 0) is 13.0 Å². The van der Waals surface area contributed by atoms with E-state index < -0.39 is 0 Å². The fraction of sp³-hybridized carbons (Fsp3) is 0.172. The highest BCUT2D eigenvalue weighted by atomic mass is 15.1. The van der Waals surface area contributed by atoms with Gasteiger partial charge in [0.2, 0.25) is 0 Å². The van der Waals surface area contributed by atoms with Gasteiger partial charge in [0.1, 0.15) is 0 Å². The number of anilines is 4. The van der Waals surface area contributed by atoms with Crippen LogP contribution in [0.2, 0.25) is 0 Å². The molecule has 170 valence electrons. The van der Waals surface area contributed by atoms with Crippen molar-refractivity contribution in [3.63, 3.8) is 0 Å². The summed E-state index contributed by atoms with van der Waals surface area (Å²) in [6.07, 6.45) is 1.06. The quantitative estimate of drug-likeness (QED) is 0.355. The Labute approximate surface area is 198 Å². The van der Waals surface area contributed by atoms with E-state index in [-0.39, 0.29) is 0 Å². The molecule has 0 atom stereocenters. The van der Waals surface area contributed by atoms with Crippen LogP contribution in [0.3, 0.4) is 0 Å². The molecule has 0 fully saturated rings. The second-order valence-corrected chi connectivity index (χ2v) is 8.18. The average molecular weight is 439 g/mol. The highest BCUT2D eigenvalue weighted by molar-refractivity contribution is 5.53. The second-order valence-electron chi connectivity index (χ2n) is 8.18. The SMILES string of the molecule is CN(CCc1ccccc1)c1ccc(N)cc1.CN(Cc1ccccc1)c1ccc(N)cc1. The minimum atomic E-state index is 0.803. The van der Waals surface area contributed by atoms with Crippen LogP contribution in [0, 0.1) is 0 Å². The van der Waals surface area contributed by atoms with E-state index in [1.165, 1.54) is 22.5 Å². The molecule has 0 amide bonds. The van der Waals surface area contributed by atoms with Gasteiger partial charge in [-0.3, -0.25) is 0 Å². The highest BCUT2D eigenvalue weighted by Crippen LogP contribution is 2.17. The molecule has 4 rings (SSSR count). The Bertz CT molecular complexity index is 1060. The lowest BCUT2D eigenvalue weighted by Crippen LogP contribution is -2.20. The summed E-state index contributed by atoms with van der Waals surface area (Å²) in [7, 11) is 4.19. The summed E-state index contributed by atoms with van der Waals surface area (Å²) in [5.41, 5.74) is 18.0. The molecule has 0 heterocycles. The molecule has 4 heteroatoms. The van der Waals surface area contributed by atoms with Gasteiger partial charge in [-0.1, -0.05) is 60.7 Å². The molecule has 4 aromatic carbocycles. The maximum atomic E-state index is 5.67. The predicted octanol–water partition coefficient (Wildman–Crippen LogP) is 5.85. The number of nitrogen functional groups attached to an aromatic ring is 2. The third kappa shape index (κ3) is 7.93. The van der Waals surface area contributed by atoms with E-state index in [1.54, 1.807) is 0 Å². The van der Waals surface area contributed by atoms with Gasteiger partial charge in [0.15, 0.2) is 0 Å². The van der Waals surface area contributed by atoms with Gasteiger partial charge in [0.25, 0.3) is 0 Å². The number of rotatable bonds is 7. The summed E-state index contributed by atoms with van der Waals surface area (Å²) in [5.74, 6) is 0. The molecule has 0 aromatic heterocycles. The third-order valence-electron chi connectivity index (χ3n) is 5.51. The largest absolute Gasteiger partial charge is 0.399 e. The monoisotopic (exact) mass is 438 g/mol. The fourth-order valence-electron chi connectivity index (χ4n) is 3.48. The summed E-state index contributed by atoms with van der Waals surface area (Å²) in [6, 6.07) is 36.9. The smallest absolute Gasteiger partial charge is 0.0426 e. The lowest BCUT2D eigenvalue weighted by atomic mass is 10.1. The van der Waals surface area contributed by atoms with E-state index in [0.717, 1.165) is 30.9 Å². The minimum Gasteiger partial charge on any atom is -0.399 e. The van der Waals surface area contributed by atoms with E-state index in [2.05, 4.69) is 84.6 Å².